The second-order valence-corrected chi connectivity index (χ2v) is 5.35. The molecule has 1 radical (unpaired) electrons. The molecule has 0 spiro atoms. The smallest absolute Gasteiger partial charge is 0.0782 e. The van der Waals surface area contributed by atoms with Crippen LogP contribution in [0.15, 0.2) is 35.2 Å². The number of hydrogen-bond acceptors (Lipinski definition) is 1. The summed E-state index contributed by atoms with van der Waals surface area (Å²) in [5.41, 5.74) is 3.02. The van der Waals surface area contributed by atoms with E-state index >= 15 is 0 Å². The van der Waals surface area contributed by atoms with Crippen molar-refractivity contribution in [2.45, 2.75) is 11.3 Å². The topological polar surface area (TPSA) is 0 Å². The summed E-state index contributed by atoms with van der Waals surface area (Å²) < 4.78 is 0. The van der Waals surface area contributed by atoms with Crippen LogP contribution in [0.1, 0.15) is 11.1 Å². The van der Waals surface area contributed by atoms with Crippen LogP contribution < -0.4 is 0 Å². The molecule has 1 aromatic carbocycles. The number of allylic oxidation sites excluding steroid dienone is 1. The molecule has 0 unspecified atom stereocenters. The lowest BCUT2D eigenvalue weighted by Gasteiger charge is -2.08. The third kappa shape index (κ3) is 0.882. The van der Waals surface area contributed by atoms with Gasteiger partial charge in [-0.3, -0.25) is 0 Å². The van der Waals surface area contributed by atoms with Gasteiger partial charge in [0.05, 0.1) is 15.7 Å². The molecule has 0 atom stereocenters. The highest BCUT2D eigenvalue weighted by Gasteiger charge is 2.35. The van der Waals surface area contributed by atoms with Gasteiger partial charge in [-0.15, -0.1) is 0 Å². The van der Waals surface area contributed by atoms with Crippen LogP contribution >= 0.6 is 10.8 Å². The summed E-state index contributed by atoms with van der Waals surface area (Å²) in [6, 6.07) is 6.63. The molecule has 1 aliphatic heterocycles. The van der Waals surface area contributed by atoms with Crippen LogP contribution in [0.4, 0.5) is 0 Å². The van der Waals surface area contributed by atoms with E-state index in [9.17, 15) is 0 Å². The van der Waals surface area contributed by atoms with Gasteiger partial charge in [-0.2, -0.15) is 0 Å². The molecule has 2 aliphatic rings. The van der Waals surface area contributed by atoms with Crippen LogP contribution in [0.3, 0.4) is 0 Å². The molecule has 1 aliphatic carbocycles. The Morgan fingerprint density at radius 1 is 1.33 bits per heavy atom. The highest BCUT2D eigenvalue weighted by atomic mass is 33.1. The van der Waals surface area contributed by atoms with Gasteiger partial charge in [-0.25, -0.2) is 0 Å². The van der Waals surface area contributed by atoms with Crippen molar-refractivity contribution >= 4 is 21.6 Å². The highest BCUT2D eigenvalue weighted by Crippen LogP contribution is 2.45. The summed E-state index contributed by atoms with van der Waals surface area (Å²) in [6.45, 7) is 0. The zero-order valence-electron chi connectivity index (χ0n) is 6.45. The van der Waals surface area contributed by atoms with Gasteiger partial charge in [0.15, 0.2) is 0 Å². The number of hydrogen-bond donors (Lipinski definition) is 0. The average molecular weight is 192 g/mol. The lowest BCUT2D eigenvalue weighted by molar-refractivity contribution is 1.14. The Morgan fingerprint density at radius 3 is 3.33 bits per heavy atom. The maximum Gasteiger partial charge on any atom is 0.241 e. The Balaban J connectivity index is 2.28. The first-order valence-corrected chi connectivity index (χ1v) is 6.30. The summed E-state index contributed by atoms with van der Waals surface area (Å²) in [7, 11) is 3.35. The Kier molecular flexibility index (Phi) is 1.52. The van der Waals surface area contributed by atoms with E-state index in [1.807, 2.05) is 10.8 Å². The van der Waals surface area contributed by atoms with Crippen molar-refractivity contribution in [2.24, 2.45) is 0 Å². The quantitative estimate of drug-likeness (QED) is 0.346. The predicted molar refractivity (Wildman–Crippen MR) is 56.2 cm³/mol. The molecular formula is C10H8S2+. The van der Waals surface area contributed by atoms with Gasteiger partial charge in [0.1, 0.15) is 10.8 Å². The van der Waals surface area contributed by atoms with Gasteiger partial charge in [-0.05, 0) is 24.1 Å². The third-order valence-corrected chi connectivity index (χ3v) is 4.88. The van der Waals surface area contributed by atoms with E-state index in [0.29, 0.717) is 0 Å². The van der Waals surface area contributed by atoms with Crippen molar-refractivity contribution in [2.75, 3.05) is 0 Å². The van der Waals surface area contributed by atoms with Crippen LogP contribution in [0, 0.1) is 5.25 Å². The van der Waals surface area contributed by atoms with Crippen molar-refractivity contribution in [1.82, 2.24) is 0 Å². The molecule has 3 rings (SSSR count). The van der Waals surface area contributed by atoms with E-state index in [4.69, 9.17) is 0 Å². The SMILES string of the molecule is C1=C[C]2[SH+]Sc3cccc(c32)C1. The molecule has 0 amide bonds. The molecule has 1 heterocycles. The Hall–Kier alpha value is -0.340. The molecule has 1 aromatic rings. The molecule has 0 aromatic heterocycles. The largest absolute Gasteiger partial charge is 0.241 e. The highest BCUT2D eigenvalue weighted by molar-refractivity contribution is 8.68. The summed E-state index contributed by atoms with van der Waals surface area (Å²) in [6.07, 6.45) is 5.65. The first kappa shape index (κ1) is 7.10. The van der Waals surface area contributed by atoms with Crippen LogP contribution in [-0.4, -0.2) is 0 Å². The molecule has 59 valence electrons. The maximum atomic E-state index is 2.27. The van der Waals surface area contributed by atoms with Crippen LogP contribution in [0.2, 0.25) is 0 Å². The van der Waals surface area contributed by atoms with E-state index < -0.39 is 0 Å². The molecule has 0 N–H and O–H groups in total. The fourth-order valence-electron chi connectivity index (χ4n) is 1.67. The summed E-state index contributed by atoms with van der Waals surface area (Å²) in [4.78, 5) is 1.47. The molecule has 12 heavy (non-hydrogen) atoms. The zero-order chi connectivity index (χ0) is 7.97. The van der Waals surface area contributed by atoms with Gasteiger partial charge in [-0.1, -0.05) is 18.2 Å². The Bertz CT molecular complexity index is 355. The van der Waals surface area contributed by atoms with Crippen molar-refractivity contribution in [3.63, 3.8) is 0 Å². The van der Waals surface area contributed by atoms with E-state index in [-0.39, 0.29) is 0 Å². The van der Waals surface area contributed by atoms with Gasteiger partial charge >= 0.3 is 0 Å². The van der Waals surface area contributed by atoms with Crippen LogP contribution in [0.5, 0.6) is 0 Å². The fourth-order valence-corrected chi connectivity index (χ4v) is 4.44. The van der Waals surface area contributed by atoms with Gasteiger partial charge < -0.3 is 0 Å². The van der Waals surface area contributed by atoms with E-state index in [2.05, 4.69) is 30.4 Å². The summed E-state index contributed by atoms with van der Waals surface area (Å²) >= 11 is 0. The van der Waals surface area contributed by atoms with Gasteiger partial charge in [0.25, 0.3) is 0 Å². The van der Waals surface area contributed by atoms with E-state index in [1.54, 1.807) is 0 Å². The van der Waals surface area contributed by atoms with Gasteiger partial charge in [0.2, 0.25) is 5.25 Å². The second kappa shape index (κ2) is 2.57. The van der Waals surface area contributed by atoms with Crippen molar-refractivity contribution < 1.29 is 0 Å². The predicted octanol–water partition coefficient (Wildman–Crippen LogP) is 2.51. The molecular weight excluding hydrogens is 184 g/mol. The second-order valence-electron chi connectivity index (χ2n) is 2.96. The Morgan fingerprint density at radius 2 is 2.33 bits per heavy atom. The van der Waals surface area contributed by atoms with Crippen molar-refractivity contribution in [1.29, 1.82) is 0 Å². The van der Waals surface area contributed by atoms with E-state index in [0.717, 1.165) is 6.42 Å². The summed E-state index contributed by atoms with van der Waals surface area (Å²) in [5.74, 6) is 0. The minimum Gasteiger partial charge on any atom is -0.0782 e. The first-order valence-electron chi connectivity index (χ1n) is 3.99. The Labute approximate surface area is 79.8 Å². The van der Waals surface area contributed by atoms with Gasteiger partial charge in [0, 0.05) is 5.56 Å². The maximum absolute atomic E-state index is 2.27. The minimum atomic E-state index is 1.11. The third-order valence-electron chi connectivity index (χ3n) is 2.22. The zero-order valence-corrected chi connectivity index (χ0v) is 8.16. The molecule has 0 nitrogen and oxygen atoms in total. The van der Waals surface area contributed by atoms with Crippen LogP contribution in [0.25, 0.3) is 0 Å². The minimum absolute atomic E-state index is 1.11. The normalized spacial score (nSPS) is 19.7. The molecule has 2 heteroatoms. The first-order chi connectivity index (χ1) is 5.95. The molecule has 0 bridgehead atoms. The molecule has 0 saturated heterocycles. The summed E-state index contributed by atoms with van der Waals surface area (Å²) in [5, 5.41) is 1.50. The average Bonchev–Trinajstić information content (AvgIpc) is 2.52. The fraction of sp³-hybridized carbons (Fsp3) is 0.100. The molecule has 0 saturated carbocycles. The molecule has 0 fully saturated rings. The standard InChI is InChI=1S/C10H8S2/c1-3-7-4-2-6-9-10(7)8(5-1)11-12-9/h1-3,5-6,12H,4H2/q+1. The monoisotopic (exact) mass is 192 g/mol. The number of benzene rings is 1. The lowest BCUT2D eigenvalue weighted by atomic mass is 9.96. The van der Waals surface area contributed by atoms with Crippen LogP contribution in [-0.2, 0) is 17.2 Å². The lowest BCUT2D eigenvalue weighted by Crippen LogP contribution is -2.01. The van der Waals surface area contributed by atoms with E-state index in [1.165, 1.54) is 32.1 Å². The van der Waals surface area contributed by atoms with Crippen molar-refractivity contribution in [3.8, 4) is 0 Å². The number of thiol groups is 1. The van der Waals surface area contributed by atoms with Crippen molar-refractivity contribution in [3.05, 3.63) is 46.7 Å². The number of rotatable bonds is 0.